The van der Waals surface area contributed by atoms with E-state index in [9.17, 15) is 60.3 Å². The number of nitrogens with zero attached hydrogens (tertiary/aromatic N) is 3. The normalized spacial score (nSPS) is 25.8. The molecule has 7 amide bonds. The standard InChI is InChI=1S/C71H82Cl2N8O23/c1-30(2)18-42(80(7)70(99)104-71(3,4)5)66(96)77-56-45(86)22-35(25-52(74)88)64(94)75-54-34-23-49(100-47-12-9-32(58(56)89)20-40(47)72)63(103-69-62(93)61(92)60(91)51(29-82)102-69)50(24-34)101-48-13-10-33(21-41(48)73)59(90)57-67(97)76-55(68(98)81-16-14-79(6)15-17-81)39-26-36(83)27-44(85)53(39)38-19-31(8-11-43(38)84)37(28-46(54)87)65(95)78-57/h8-13,19-21,23-24,26-27,30,35,37,42,51,54-62,69,82-85,89-93H,14-18,22,25,28-29H2,1-7H3,(H2,74,88)(H,75,94)(H,76,97)(H,77,96)(H,78,95)/t35-,37-,42+,51+,54+,55-,56-,57-,58+,59+,60+,61-,62+,69-/m0/s1. The minimum atomic E-state index is -2.19. The number of ketones is 2. The van der Waals surface area contributed by atoms with E-state index in [1.807, 2.05) is 11.9 Å². The molecule has 7 aliphatic rings. The number of piperazine rings is 1. The SMILES string of the molecule is CC(C)C[C@H](C(=O)N[C@H]1C(=O)C[C@@H](CC(N)=O)C(=O)N[C@H]2C(=O)C[C@@H]3C(=O)N[C@H](C(=O)N[C@H](C(=O)N4CCN(C)CC4)c4cc(O)cc(O)c4-c4cc3ccc4O)[C@H](O)c3ccc(c(Cl)c3)Oc3cc2cc(c3O[C@@H]2O[C@H](CO)[C@@H](O)[C@H](O)[C@H]2O)Oc2ccc(cc2Cl)[C@H]1O)N(C)C(=O)OC(C)(C)C. The summed E-state index contributed by atoms with van der Waals surface area (Å²) in [5.74, 6) is -17.6. The van der Waals surface area contributed by atoms with Crippen LogP contribution in [0.4, 0.5) is 4.79 Å². The van der Waals surface area contributed by atoms with Crippen molar-refractivity contribution >= 4 is 76.3 Å². The van der Waals surface area contributed by atoms with E-state index in [-0.39, 0.29) is 85.9 Å². The van der Waals surface area contributed by atoms with Crippen molar-refractivity contribution in [3.05, 3.63) is 117 Å². The number of Topliss-reactive ketones (excluding diaryl/α,β-unsaturated/α-hetero) is 2. The molecule has 0 unspecified atom stereocenters. The third-order valence-electron chi connectivity index (χ3n) is 18.6. The van der Waals surface area contributed by atoms with Crippen LogP contribution in [0.5, 0.6) is 46.0 Å². The molecule has 33 heteroatoms. The molecule has 104 heavy (non-hydrogen) atoms. The first-order valence-electron chi connectivity index (χ1n) is 33.3. The summed E-state index contributed by atoms with van der Waals surface area (Å²) in [5.41, 5.74) is 2.91. The second-order valence-electron chi connectivity index (χ2n) is 27.8. The average Bonchev–Trinajstić information content (AvgIpc) is 0.767. The van der Waals surface area contributed by atoms with Gasteiger partial charge in [0.1, 0.15) is 101 Å². The van der Waals surface area contributed by atoms with E-state index in [4.69, 9.17) is 52.6 Å². The van der Waals surface area contributed by atoms with Crippen LogP contribution in [0.25, 0.3) is 11.1 Å². The maximum atomic E-state index is 16.2. The number of rotatable bonds is 11. The van der Waals surface area contributed by atoms with Gasteiger partial charge in [-0.25, -0.2) is 4.79 Å². The number of nitrogens with one attached hydrogen (secondary N) is 4. The van der Waals surface area contributed by atoms with Gasteiger partial charge in [-0.1, -0.05) is 55.2 Å². The second kappa shape index (κ2) is 31.5. The summed E-state index contributed by atoms with van der Waals surface area (Å²) in [7, 11) is 3.11. The van der Waals surface area contributed by atoms with Crippen LogP contribution in [0, 0.1) is 11.8 Å². The highest BCUT2D eigenvalue weighted by Crippen LogP contribution is 2.50. The smallest absolute Gasteiger partial charge is 0.410 e. The summed E-state index contributed by atoms with van der Waals surface area (Å²) in [4.78, 5) is 139. The molecular formula is C71H82Cl2N8O23. The summed E-state index contributed by atoms with van der Waals surface area (Å²) in [5, 5.41) is 113. The number of aliphatic hydroxyl groups is 6. The number of hydrogen-bond donors (Lipinski definition) is 14. The van der Waals surface area contributed by atoms with Crippen molar-refractivity contribution in [1.29, 1.82) is 0 Å². The van der Waals surface area contributed by atoms with Crippen molar-refractivity contribution in [2.75, 3.05) is 46.9 Å². The molecule has 0 aliphatic carbocycles. The lowest BCUT2D eigenvalue weighted by Crippen LogP contribution is -2.60. The fraction of sp³-hybridized carbons (Fsp3) is 0.451. The zero-order valence-electron chi connectivity index (χ0n) is 57.4. The maximum absolute atomic E-state index is 16.2. The lowest BCUT2D eigenvalue weighted by atomic mass is 9.84. The Hall–Kier alpha value is -9.41. The van der Waals surface area contributed by atoms with Crippen molar-refractivity contribution in [1.82, 2.24) is 36.0 Å². The number of aliphatic hydroxyl groups excluding tert-OH is 6. The minimum Gasteiger partial charge on any atom is -0.508 e. The molecule has 558 valence electrons. The monoisotopic (exact) mass is 1480 g/mol. The van der Waals surface area contributed by atoms with E-state index in [2.05, 4.69) is 21.3 Å². The van der Waals surface area contributed by atoms with Gasteiger partial charge >= 0.3 is 6.09 Å². The Morgan fingerprint density at radius 2 is 1.33 bits per heavy atom. The number of likely N-dealkylation sites (N-methyl/N-ethyl adjacent to an activating group) is 2. The summed E-state index contributed by atoms with van der Waals surface area (Å²) < 4.78 is 30.8. The summed E-state index contributed by atoms with van der Waals surface area (Å²) in [6, 6.07) is 4.96. The third kappa shape index (κ3) is 16.9. The van der Waals surface area contributed by atoms with Crippen LogP contribution < -0.4 is 41.2 Å². The molecule has 5 aromatic carbocycles. The molecule has 14 atom stereocenters. The van der Waals surface area contributed by atoms with Crippen LogP contribution in [0.15, 0.2) is 78.9 Å². The van der Waals surface area contributed by atoms with Crippen LogP contribution in [0.2, 0.25) is 10.0 Å². The first kappa shape index (κ1) is 77.2. The number of carbonyl (C=O) groups excluding carboxylic acids is 9. The fourth-order valence-electron chi connectivity index (χ4n) is 13.0. The van der Waals surface area contributed by atoms with Crippen molar-refractivity contribution in [2.45, 2.75) is 145 Å². The highest BCUT2D eigenvalue weighted by Gasteiger charge is 2.48. The lowest BCUT2D eigenvalue weighted by Gasteiger charge is -2.39. The number of halogens is 2. The Kier molecular flexibility index (Phi) is 23.4. The largest absolute Gasteiger partial charge is 0.508 e. The Balaban J connectivity index is 1.20. The number of phenolic OH excluding ortho intramolecular Hbond substituents is 3. The highest BCUT2D eigenvalue weighted by molar-refractivity contribution is 6.32. The van der Waals surface area contributed by atoms with Gasteiger partial charge in [0.05, 0.1) is 28.5 Å². The van der Waals surface area contributed by atoms with Crippen molar-refractivity contribution in [3.8, 4) is 57.1 Å². The molecule has 2 saturated heterocycles. The Morgan fingerprint density at radius 1 is 0.712 bits per heavy atom. The van der Waals surface area contributed by atoms with Crippen LogP contribution >= 0.6 is 23.2 Å². The Labute approximate surface area is 605 Å². The van der Waals surface area contributed by atoms with Gasteiger partial charge in [0, 0.05) is 69.7 Å². The van der Waals surface area contributed by atoms with Crippen LogP contribution in [-0.4, -0.2) is 215 Å². The predicted octanol–water partition coefficient (Wildman–Crippen LogP) is 3.18. The molecule has 0 radical (unpaired) electrons. The van der Waals surface area contributed by atoms with Crippen LogP contribution in [-0.2, 0) is 47.8 Å². The lowest BCUT2D eigenvalue weighted by molar-refractivity contribution is -0.277. The second-order valence-corrected chi connectivity index (χ2v) is 28.6. The molecule has 15 N–H and O–H groups in total. The number of amides is 7. The number of carbonyl (C=O) groups is 9. The molecule has 5 aromatic rings. The van der Waals surface area contributed by atoms with Crippen LogP contribution in [0.1, 0.15) is 118 Å². The zero-order chi connectivity index (χ0) is 75.8. The quantitative estimate of drug-likeness (QED) is 0.0903. The summed E-state index contributed by atoms with van der Waals surface area (Å²) in [6.07, 6.45) is -18.1. The molecule has 31 nitrogen and oxygen atoms in total. The molecule has 7 aliphatic heterocycles. The van der Waals surface area contributed by atoms with Gasteiger partial charge in [0.15, 0.2) is 23.1 Å². The van der Waals surface area contributed by atoms with Crippen molar-refractivity contribution in [3.63, 3.8) is 0 Å². The molecule has 12 rings (SSSR count). The van der Waals surface area contributed by atoms with Crippen LogP contribution in [0.3, 0.4) is 0 Å². The van der Waals surface area contributed by atoms with Gasteiger partial charge in [-0.15, -0.1) is 0 Å². The van der Waals surface area contributed by atoms with Gasteiger partial charge in [-0.05, 0) is 123 Å². The fourth-order valence-corrected chi connectivity index (χ4v) is 13.4. The summed E-state index contributed by atoms with van der Waals surface area (Å²) >= 11 is 14.1. The van der Waals surface area contributed by atoms with Gasteiger partial charge < -0.3 is 106 Å². The van der Waals surface area contributed by atoms with Crippen molar-refractivity contribution in [2.24, 2.45) is 17.6 Å². The van der Waals surface area contributed by atoms with Gasteiger partial charge in [0.2, 0.25) is 47.5 Å². The molecule has 0 saturated carbocycles. The molecule has 7 heterocycles. The number of benzene rings is 5. The topological polar surface area (TPSA) is 466 Å². The van der Waals surface area contributed by atoms with E-state index in [0.717, 1.165) is 47.4 Å². The first-order valence-corrected chi connectivity index (χ1v) is 34.1. The van der Waals surface area contributed by atoms with E-state index < -0.39 is 204 Å². The van der Waals surface area contributed by atoms with E-state index in [1.54, 1.807) is 34.6 Å². The number of aromatic hydroxyl groups is 3. The average molecular weight is 1490 g/mol. The molecule has 11 bridgehead atoms. The molecule has 2 fully saturated rings. The number of primary amides is 1. The Bertz CT molecular complexity index is 4180. The van der Waals surface area contributed by atoms with Gasteiger partial charge in [-0.3, -0.25) is 43.3 Å². The van der Waals surface area contributed by atoms with Gasteiger partial charge in [-0.2, -0.15) is 0 Å². The predicted molar refractivity (Wildman–Crippen MR) is 367 cm³/mol. The number of fused-ring (bicyclic) bond motifs is 15. The third-order valence-corrected chi connectivity index (χ3v) is 19.2. The molecule has 0 aromatic heterocycles. The van der Waals surface area contributed by atoms with E-state index >= 15 is 28.8 Å². The molecule has 0 spiro atoms. The maximum Gasteiger partial charge on any atom is 0.410 e. The Morgan fingerprint density at radius 3 is 1.91 bits per heavy atom. The molecular weight excluding hydrogens is 1400 g/mol. The minimum absolute atomic E-state index is 0.0237. The number of phenols is 3. The van der Waals surface area contributed by atoms with Gasteiger partial charge in [0.25, 0.3) is 0 Å². The van der Waals surface area contributed by atoms with Crippen molar-refractivity contribution < 1.29 is 113 Å². The highest BCUT2D eigenvalue weighted by atomic mass is 35.5. The van der Waals surface area contributed by atoms with E-state index in [0.29, 0.717) is 13.1 Å². The number of hydrogen-bond acceptors (Lipinski definition) is 24. The zero-order valence-corrected chi connectivity index (χ0v) is 59.0. The summed E-state index contributed by atoms with van der Waals surface area (Å²) in [6.45, 7) is 8.38. The first-order chi connectivity index (χ1) is 49.0. The number of nitrogens with two attached hydrogens (primary N) is 1. The van der Waals surface area contributed by atoms with E-state index in [1.165, 1.54) is 48.3 Å². The number of ether oxygens (including phenoxy) is 5.